The second-order valence-electron chi connectivity index (χ2n) is 24.2. The van der Waals surface area contributed by atoms with Crippen LogP contribution in [0.2, 0.25) is 10.0 Å². The van der Waals surface area contributed by atoms with Crippen molar-refractivity contribution in [2.75, 3.05) is 19.5 Å². The van der Waals surface area contributed by atoms with E-state index < -0.39 is 17.2 Å². The fourth-order valence-corrected chi connectivity index (χ4v) is 11.4. The molecule has 0 unspecified atom stereocenters. The summed E-state index contributed by atoms with van der Waals surface area (Å²) in [4.78, 5) is 21.3. The molecule has 15 heteroatoms. The summed E-state index contributed by atoms with van der Waals surface area (Å²) in [6.07, 6.45) is 19.2. The standard InChI is InChI=1S/C16H21ClO3S.C10H17Cl.C9H15ClO.C9H13ClO.C8H14O.C6H6BClO2/c1-16(2)9-8-13(11-20-21(3,18)19)15(10-16)12-4-6-14(17)7-5-12;1-4-8-5-6-10(2,3)7-9(8)11;2*1-9(2)4-3-7(6-11)8(10)5-9;1-8(2)5-3-4-7(9)6-8;8-6-3-1-5(2-4-6)7(9)10/h4-7H,8-11H2,1-3H3;4-7H2,1-3H3;11H,3-6H2,1-2H3;6H,3-5H2,1-2H3;3-6H2,1-2H3;1-4,9-10H. The van der Waals surface area contributed by atoms with Crippen LogP contribution in [-0.4, -0.2) is 62.2 Å². The number of hydrogen-bond acceptors (Lipinski definition) is 8. The number of aldehydes is 1. The number of halogens is 5. The van der Waals surface area contributed by atoms with Gasteiger partial charge in [-0.2, -0.15) is 8.42 Å². The van der Waals surface area contributed by atoms with Gasteiger partial charge in [-0.25, -0.2) is 0 Å². The summed E-state index contributed by atoms with van der Waals surface area (Å²) in [5.74, 6) is 0.450. The van der Waals surface area contributed by atoms with Gasteiger partial charge >= 0.3 is 7.12 Å². The van der Waals surface area contributed by atoms with Crippen LogP contribution in [0.5, 0.6) is 0 Å². The van der Waals surface area contributed by atoms with Crippen molar-refractivity contribution in [2.24, 2.45) is 27.1 Å². The maximum atomic E-state index is 11.2. The van der Waals surface area contributed by atoms with Gasteiger partial charge in [-0.1, -0.05) is 164 Å². The van der Waals surface area contributed by atoms with Crippen LogP contribution >= 0.6 is 58.0 Å². The Morgan fingerprint density at radius 3 is 1.40 bits per heavy atom. The lowest BCUT2D eigenvalue weighted by Crippen LogP contribution is -2.29. The summed E-state index contributed by atoms with van der Waals surface area (Å²) in [5.41, 5.74) is 8.67. The number of carbonyl (C=O) groups is 2. The van der Waals surface area contributed by atoms with Crippen LogP contribution in [0.25, 0.3) is 5.57 Å². The third-order valence-corrected chi connectivity index (χ3v) is 16.3. The predicted molar refractivity (Wildman–Crippen MR) is 310 cm³/mol. The number of hydrogen-bond donors (Lipinski definition) is 3. The quantitative estimate of drug-likeness (QED) is 0.135. The van der Waals surface area contributed by atoms with Crippen LogP contribution in [0.1, 0.15) is 191 Å². The smallest absolute Gasteiger partial charge is 0.423 e. The highest BCUT2D eigenvalue weighted by molar-refractivity contribution is 7.86. The van der Waals surface area contributed by atoms with Gasteiger partial charge < -0.3 is 15.2 Å². The van der Waals surface area contributed by atoms with Gasteiger partial charge in [0.15, 0.2) is 0 Å². The molecule has 0 aromatic heterocycles. The zero-order valence-corrected chi connectivity index (χ0v) is 50.5. The molecule has 2 aromatic rings. The highest BCUT2D eigenvalue weighted by atomic mass is 35.5. The Kier molecular flexibility index (Phi) is 27.8. The van der Waals surface area contributed by atoms with Gasteiger partial charge in [-0.15, -0.1) is 0 Å². The molecule has 0 atom stereocenters. The first-order valence-electron chi connectivity index (χ1n) is 25.7. The number of benzene rings is 2. The Hall–Kier alpha value is -1.96. The third kappa shape index (κ3) is 26.8. The molecular weight excluding hydrogens is 1040 g/mol. The summed E-state index contributed by atoms with van der Waals surface area (Å²) < 4.78 is 27.5. The van der Waals surface area contributed by atoms with Gasteiger partial charge in [0, 0.05) is 43.6 Å². The number of Topliss-reactive ketones (excluding diaryl/α,β-unsaturated/α-hetero) is 1. The molecule has 0 saturated heterocycles. The van der Waals surface area contributed by atoms with Gasteiger partial charge in [0.2, 0.25) is 0 Å². The first-order valence-corrected chi connectivity index (χ1v) is 29.4. The molecular formula is C58H86BCl5O8S. The molecule has 2 aromatic carbocycles. The fraction of sp³-hybridized carbons (Fsp3) is 0.621. The normalized spacial score (nSPS) is 20.7. The molecule has 0 radical (unpaired) electrons. The predicted octanol–water partition coefficient (Wildman–Crippen LogP) is 16.1. The van der Waals surface area contributed by atoms with Gasteiger partial charge in [0.25, 0.3) is 10.1 Å². The zero-order valence-electron chi connectivity index (χ0n) is 45.9. The highest BCUT2D eigenvalue weighted by Crippen LogP contribution is 2.44. The molecule has 0 spiro atoms. The molecule has 410 valence electrons. The average molecular weight is 1130 g/mol. The van der Waals surface area contributed by atoms with Crippen molar-refractivity contribution in [2.45, 2.75) is 185 Å². The summed E-state index contributed by atoms with van der Waals surface area (Å²) in [5, 5.41) is 30.2. The van der Waals surface area contributed by atoms with Crippen LogP contribution in [0.4, 0.5) is 0 Å². The Bertz CT molecular complexity index is 2300. The summed E-state index contributed by atoms with van der Waals surface area (Å²) in [6, 6.07) is 14.0. The number of allylic oxidation sites excluding steroid dienone is 6. The van der Waals surface area contributed by atoms with E-state index >= 15 is 0 Å². The third-order valence-electron chi connectivity index (χ3n) is 14.0. The lowest BCUT2D eigenvalue weighted by atomic mass is 9.73. The van der Waals surface area contributed by atoms with Crippen LogP contribution in [-0.2, 0) is 23.9 Å². The molecule has 5 aliphatic carbocycles. The van der Waals surface area contributed by atoms with Crippen LogP contribution in [0, 0.1) is 27.1 Å². The highest BCUT2D eigenvalue weighted by Gasteiger charge is 2.30. The van der Waals surface area contributed by atoms with Crippen molar-refractivity contribution in [3.63, 3.8) is 0 Å². The van der Waals surface area contributed by atoms with Gasteiger partial charge in [0.1, 0.15) is 12.1 Å². The molecule has 73 heavy (non-hydrogen) atoms. The number of rotatable bonds is 8. The molecule has 0 bridgehead atoms. The van der Waals surface area contributed by atoms with Crippen LogP contribution in [0.15, 0.2) is 85.9 Å². The maximum absolute atomic E-state index is 11.2. The summed E-state index contributed by atoms with van der Waals surface area (Å²) in [7, 11) is -4.83. The van der Waals surface area contributed by atoms with Gasteiger partial charge in [0.05, 0.1) is 19.5 Å². The van der Waals surface area contributed by atoms with Gasteiger partial charge in [-0.3, -0.25) is 13.8 Å². The second-order valence-corrected chi connectivity index (χ2v) is 28.0. The minimum absolute atomic E-state index is 0.134. The molecule has 1 fully saturated rings. The van der Waals surface area contributed by atoms with E-state index in [9.17, 15) is 18.0 Å². The summed E-state index contributed by atoms with van der Waals surface area (Å²) >= 11 is 29.5. The van der Waals surface area contributed by atoms with Crippen molar-refractivity contribution < 1.29 is 37.3 Å². The Balaban J connectivity index is 0.000000309. The molecule has 0 amide bonds. The second kappa shape index (κ2) is 30.3. The number of ketones is 1. The first kappa shape index (κ1) is 67.2. The van der Waals surface area contributed by atoms with Gasteiger partial charge in [-0.05, 0) is 175 Å². The molecule has 0 heterocycles. The minimum atomic E-state index is -3.42. The molecule has 0 aliphatic heterocycles. The van der Waals surface area contributed by atoms with E-state index in [2.05, 4.69) is 76.2 Å². The van der Waals surface area contributed by atoms with E-state index in [-0.39, 0.29) is 24.0 Å². The van der Waals surface area contributed by atoms with E-state index in [1.165, 1.54) is 30.4 Å². The zero-order chi connectivity index (χ0) is 55.6. The van der Waals surface area contributed by atoms with Crippen molar-refractivity contribution in [1.29, 1.82) is 0 Å². The number of aliphatic hydroxyl groups is 1. The Morgan fingerprint density at radius 1 is 0.589 bits per heavy atom. The molecule has 3 N–H and O–H groups in total. The fourth-order valence-electron chi connectivity index (χ4n) is 9.14. The molecule has 5 aliphatic rings. The van der Waals surface area contributed by atoms with Crippen LogP contribution in [0.3, 0.4) is 0 Å². The molecule has 8 nitrogen and oxygen atoms in total. The van der Waals surface area contributed by atoms with Crippen molar-refractivity contribution in [1.82, 2.24) is 0 Å². The SMILES string of the molecule is CC1(C)CCC(C=O)=C(Cl)C1.CC1(C)CCC(CO)=C(Cl)C1.CC1(C)CCC(COS(C)(=O)=O)=C(c2ccc(Cl)cc2)C1.CC1(C)CCCC(=O)C1.CCC1=C(Cl)CC(C)(C)CC1.OB(O)c1ccc(Cl)cc1. The first-order chi connectivity index (χ1) is 33.6. The number of carbonyl (C=O) groups excluding carboxylic acids is 2. The van der Waals surface area contributed by atoms with E-state index in [1.54, 1.807) is 24.3 Å². The summed E-state index contributed by atoms with van der Waals surface area (Å²) in [6.45, 7) is 24.6. The lowest BCUT2D eigenvalue weighted by Gasteiger charge is -2.33. The lowest BCUT2D eigenvalue weighted by molar-refractivity contribution is -0.123. The Morgan fingerprint density at radius 2 is 1.01 bits per heavy atom. The average Bonchev–Trinajstić information content (AvgIpc) is 3.26. The number of aliphatic hydroxyl groups excluding tert-OH is 1. The Labute approximate surface area is 466 Å². The molecule has 1 saturated carbocycles. The minimum Gasteiger partial charge on any atom is -0.423 e. The van der Waals surface area contributed by atoms with E-state index in [1.807, 2.05) is 24.3 Å². The van der Waals surface area contributed by atoms with E-state index in [4.69, 9.17) is 77.3 Å². The van der Waals surface area contributed by atoms with Crippen LogP contribution < -0.4 is 5.46 Å². The molecule has 7 rings (SSSR count). The monoisotopic (exact) mass is 1130 g/mol. The van der Waals surface area contributed by atoms with Crippen molar-refractivity contribution in [3.05, 3.63) is 102 Å². The largest absolute Gasteiger partial charge is 0.488 e. The van der Waals surface area contributed by atoms with E-state index in [0.717, 1.165) is 140 Å². The van der Waals surface area contributed by atoms with Crippen molar-refractivity contribution >= 4 is 98.3 Å². The maximum Gasteiger partial charge on any atom is 0.488 e. The van der Waals surface area contributed by atoms with Crippen molar-refractivity contribution in [3.8, 4) is 0 Å². The topological polar surface area (TPSA) is 138 Å². The van der Waals surface area contributed by atoms with E-state index in [0.29, 0.717) is 37.5 Å².